The number of nitrogens with one attached hydrogen (secondary N) is 2. The number of nitrogens with zero attached hydrogens (tertiary/aromatic N) is 1. The van der Waals surface area contributed by atoms with E-state index in [1.165, 1.54) is 0 Å². The van der Waals surface area contributed by atoms with E-state index in [9.17, 15) is 9.59 Å². The van der Waals surface area contributed by atoms with Gasteiger partial charge in [-0.3, -0.25) is 14.9 Å². The van der Waals surface area contributed by atoms with Gasteiger partial charge < -0.3 is 10.2 Å². The fraction of sp³-hybridized carbons (Fsp3) is 0.636. The van der Waals surface area contributed by atoms with E-state index in [1.54, 1.807) is 4.90 Å². The highest BCUT2D eigenvalue weighted by atomic mass is 16.2. The highest BCUT2D eigenvalue weighted by molar-refractivity contribution is 5.85. The highest BCUT2D eigenvalue weighted by Crippen LogP contribution is 2.06. The monoisotopic (exact) mass is 223 g/mol. The number of terminal acetylenes is 1. The van der Waals surface area contributed by atoms with E-state index in [1.807, 2.05) is 0 Å². The van der Waals surface area contributed by atoms with Gasteiger partial charge in [-0.25, -0.2) is 0 Å². The molecule has 0 aliphatic carbocycles. The molecule has 5 nitrogen and oxygen atoms in total. The second-order valence-electron chi connectivity index (χ2n) is 3.67. The first kappa shape index (κ1) is 12.5. The van der Waals surface area contributed by atoms with Gasteiger partial charge in [0.25, 0.3) is 0 Å². The first-order chi connectivity index (χ1) is 7.74. The molecule has 1 rings (SSSR count). The van der Waals surface area contributed by atoms with Crippen molar-refractivity contribution in [1.82, 2.24) is 15.5 Å². The zero-order valence-electron chi connectivity index (χ0n) is 9.29. The zero-order valence-corrected chi connectivity index (χ0v) is 9.29. The number of rotatable bonds is 5. The molecule has 1 aliphatic rings. The average molecular weight is 223 g/mol. The Morgan fingerprint density at radius 1 is 1.25 bits per heavy atom. The van der Waals surface area contributed by atoms with Crippen molar-refractivity contribution in [3.8, 4) is 12.3 Å². The molecule has 1 aliphatic heterocycles. The molecule has 0 spiro atoms. The summed E-state index contributed by atoms with van der Waals surface area (Å²) in [5.74, 6) is 2.15. The maximum atomic E-state index is 11.5. The minimum absolute atomic E-state index is 0.0113. The molecule has 1 saturated heterocycles. The maximum absolute atomic E-state index is 11.5. The summed E-state index contributed by atoms with van der Waals surface area (Å²) in [6, 6.07) is 0. The lowest BCUT2D eigenvalue weighted by Gasteiger charge is -2.15. The Labute approximate surface area is 95.6 Å². The molecule has 0 aromatic rings. The lowest BCUT2D eigenvalue weighted by atomic mass is 10.4. The van der Waals surface area contributed by atoms with Crippen LogP contribution in [-0.4, -0.2) is 49.4 Å². The smallest absolute Gasteiger partial charge is 0.241 e. The maximum Gasteiger partial charge on any atom is 0.241 e. The highest BCUT2D eigenvalue weighted by Gasteiger charge is 2.17. The number of carbonyl (C=O) groups is 2. The van der Waals surface area contributed by atoms with E-state index in [2.05, 4.69) is 16.6 Å². The van der Waals surface area contributed by atoms with Crippen molar-refractivity contribution in [1.29, 1.82) is 0 Å². The summed E-state index contributed by atoms with van der Waals surface area (Å²) in [4.78, 5) is 24.5. The van der Waals surface area contributed by atoms with Gasteiger partial charge in [0.05, 0.1) is 19.6 Å². The molecule has 0 bridgehead atoms. The fourth-order valence-electron chi connectivity index (χ4n) is 1.56. The molecule has 0 saturated carbocycles. The van der Waals surface area contributed by atoms with Crippen LogP contribution < -0.4 is 10.6 Å². The van der Waals surface area contributed by atoms with Crippen molar-refractivity contribution in [2.45, 2.75) is 12.8 Å². The van der Waals surface area contributed by atoms with Crippen molar-refractivity contribution in [3.05, 3.63) is 0 Å². The van der Waals surface area contributed by atoms with Gasteiger partial charge in [0.1, 0.15) is 0 Å². The number of amides is 2. The van der Waals surface area contributed by atoms with E-state index in [0.717, 1.165) is 25.9 Å². The number of hydrogen-bond donors (Lipinski definition) is 2. The molecule has 0 aromatic heterocycles. The summed E-state index contributed by atoms with van der Waals surface area (Å²) < 4.78 is 0. The minimum atomic E-state index is -0.206. The molecular formula is C11H17N3O2. The Balaban J connectivity index is 2.11. The predicted molar refractivity (Wildman–Crippen MR) is 60.5 cm³/mol. The molecule has 1 heterocycles. The summed E-state index contributed by atoms with van der Waals surface area (Å²) in [5.41, 5.74) is 0. The normalized spacial score (nSPS) is 14.6. The van der Waals surface area contributed by atoms with Crippen LogP contribution in [0.15, 0.2) is 0 Å². The SMILES string of the molecule is C#CCNCC(=O)NCC(=O)N1CCCC1. The minimum Gasteiger partial charge on any atom is -0.346 e. The van der Waals surface area contributed by atoms with Gasteiger partial charge >= 0.3 is 0 Å². The fourth-order valence-corrected chi connectivity index (χ4v) is 1.56. The molecule has 1 fully saturated rings. The van der Waals surface area contributed by atoms with Crippen LogP contribution in [0.25, 0.3) is 0 Å². The van der Waals surface area contributed by atoms with E-state index < -0.39 is 0 Å². The first-order valence-electron chi connectivity index (χ1n) is 5.42. The molecule has 5 heteroatoms. The van der Waals surface area contributed by atoms with Crippen LogP contribution in [0.2, 0.25) is 0 Å². The van der Waals surface area contributed by atoms with Crippen molar-refractivity contribution in [3.63, 3.8) is 0 Å². The van der Waals surface area contributed by atoms with Crippen LogP contribution in [0.5, 0.6) is 0 Å². The molecular weight excluding hydrogens is 206 g/mol. The van der Waals surface area contributed by atoms with Crippen LogP contribution in [0, 0.1) is 12.3 Å². The van der Waals surface area contributed by atoms with Crippen molar-refractivity contribution in [2.24, 2.45) is 0 Å². The third kappa shape index (κ3) is 4.32. The molecule has 2 N–H and O–H groups in total. The molecule has 2 amide bonds. The largest absolute Gasteiger partial charge is 0.346 e. The Morgan fingerprint density at radius 3 is 2.56 bits per heavy atom. The zero-order chi connectivity index (χ0) is 11.8. The second-order valence-corrected chi connectivity index (χ2v) is 3.67. The van der Waals surface area contributed by atoms with Crippen LogP contribution in [0.3, 0.4) is 0 Å². The topological polar surface area (TPSA) is 61.4 Å². The Hall–Kier alpha value is -1.54. The molecule has 16 heavy (non-hydrogen) atoms. The van der Waals surface area contributed by atoms with Crippen molar-refractivity contribution < 1.29 is 9.59 Å². The summed E-state index contributed by atoms with van der Waals surface area (Å²) >= 11 is 0. The molecule has 0 unspecified atom stereocenters. The number of likely N-dealkylation sites (tertiary alicyclic amines) is 1. The van der Waals surface area contributed by atoms with E-state index in [-0.39, 0.29) is 24.9 Å². The predicted octanol–water partition coefficient (Wildman–Crippen LogP) is -1.05. The summed E-state index contributed by atoms with van der Waals surface area (Å²) in [6.45, 7) is 2.20. The van der Waals surface area contributed by atoms with Gasteiger partial charge in [-0.05, 0) is 12.8 Å². The van der Waals surface area contributed by atoms with Gasteiger partial charge in [-0.2, -0.15) is 0 Å². The van der Waals surface area contributed by atoms with Crippen LogP contribution >= 0.6 is 0 Å². The van der Waals surface area contributed by atoms with Crippen molar-refractivity contribution in [2.75, 3.05) is 32.7 Å². The molecule has 88 valence electrons. The lowest BCUT2D eigenvalue weighted by molar-refractivity contribution is -0.131. The Kier molecular flexibility index (Phi) is 5.37. The van der Waals surface area contributed by atoms with Gasteiger partial charge in [0.2, 0.25) is 11.8 Å². The molecule has 0 radical (unpaired) electrons. The molecule has 0 atom stereocenters. The molecule has 0 aromatic carbocycles. The van der Waals surface area contributed by atoms with E-state index in [4.69, 9.17) is 6.42 Å². The third-order valence-electron chi connectivity index (χ3n) is 2.41. The number of hydrogen-bond acceptors (Lipinski definition) is 3. The van der Waals surface area contributed by atoms with Crippen LogP contribution in [0.1, 0.15) is 12.8 Å². The average Bonchev–Trinajstić information content (AvgIpc) is 2.79. The quantitative estimate of drug-likeness (QED) is 0.462. The van der Waals surface area contributed by atoms with Crippen LogP contribution in [0.4, 0.5) is 0 Å². The Bertz CT molecular complexity index is 290. The van der Waals surface area contributed by atoms with Gasteiger partial charge in [-0.15, -0.1) is 6.42 Å². The number of carbonyl (C=O) groups excluding carboxylic acids is 2. The standard InChI is InChI=1S/C11H17N3O2/c1-2-5-12-8-10(15)13-9-11(16)14-6-3-4-7-14/h1,12H,3-9H2,(H,13,15). The summed E-state index contributed by atoms with van der Waals surface area (Å²) in [6.07, 6.45) is 7.13. The van der Waals surface area contributed by atoms with Gasteiger partial charge in [0.15, 0.2) is 0 Å². The summed E-state index contributed by atoms with van der Waals surface area (Å²) in [7, 11) is 0. The third-order valence-corrected chi connectivity index (χ3v) is 2.41. The Morgan fingerprint density at radius 2 is 1.94 bits per heavy atom. The first-order valence-corrected chi connectivity index (χ1v) is 5.42. The van der Waals surface area contributed by atoms with Crippen molar-refractivity contribution >= 4 is 11.8 Å². The second kappa shape index (κ2) is 6.85. The van der Waals surface area contributed by atoms with E-state index >= 15 is 0 Å². The lowest BCUT2D eigenvalue weighted by Crippen LogP contribution is -2.41. The van der Waals surface area contributed by atoms with Gasteiger partial charge in [0, 0.05) is 13.1 Å². The van der Waals surface area contributed by atoms with E-state index in [0.29, 0.717) is 6.54 Å². The summed E-state index contributed by atoms with van der Waals surface area (Å²) in [5, 5.41) is 5.31. The van der Waals surface area contributed by atoms with Gasteiger partial charge in [-0.1, -0.05) is 5.92 Å². The van der Waals surface area contributed by atoms with Crippen LogP contribution in [-0.2, 0) is 9.59 Å².